The Labute approximate surface area is 156 Å². The Balaban J connectivity index is 1.69. The zero-order valence-electron chi connectivity index (χ0n) is 14.2. The summed E-state index contributed by atoms with van der Waals surface area (Å²) in [7, 11) is 0. The van der Waals surface area contributed by atoms with Gasteiger partial charge in [0.25, 0.3) is 0 Å². The first-order valence-electron chi connectivity index (χ1n) is 8.10. The summed E-state index contributed by atoms with van der Waals surface area (Å²) < 4.78 is 5.56. The van der Waals surface area contributed by atoms with Crippen LogP contribution in [-0.2, 0) is 11.4 Å². The van der Waals surface area contributed by atoms with Gasteiger partial charge >= 0.3 is 0 Å². The molecular weight excluding hydrogens is 350 g/mol. The summed E-state index contributed by atoms with van der Waals surface area (Å²) in [5, 5.41) is 12.6. The molecule has 4 nitrogen and oxygen atoms in total. The van der Waals surface area contributed by atoms with Crippen molar-refractivity contribution in [3.8, 4) is 11.3 Å². The van der Waals surface area contributed by atoms with Gasteiger partial charge in [-0.05, 0) is 66.6 Å². The number of carbonyl (C=O) groups excluding carboxylic acids is 1. The summed E-state index contributed by atoms with van der Waals surface area (Å²) in [4.78, 5) is 12.1. The van der Waals surface area contributed by atoms with Crippen LogP contribution in [0.15, 0.2) is 65.1 Å². The highest BCUT2D eigenvalue weighted by Gasteiger charge is 2.08. The van der Waals surface area contributed by atoms with Crippen molar-refractivity contribution in [3.63, 3.8) is 0 Å². The van der Waals surface area contributed by atoms with E-state index in [0.29, 0.717) is 22.2 Å². The summed E-state index contributed by atoms with van der Waals surface area (Å²) in [5.41, 5.74) is 3.47. The van der Waals surface area contributed by atoms with Crippen LogP contribution in [0.25, 0.3) is 17.4 Å². The maximum atomic E-state index is 12.1. The van der Waals surface area contributed by atoms with Gasteiger partial charge < -0.3 is 14.8 Å². The van der Waals surface area contributed by atoms with Crippen molar-refractivity contribution in [3.05, 3.63) is 82.6 Å². The molecule has 0 bridgehead atoms. The molecule has 132 valence electrons. The van der Waals surface area contributed by atoms with Crippen LogP contribution in [0.4, 0.5) is 5.69 Å². The number of aliphatic hydroxyl groups excluding tert-OH is 1. The molecular formula is C21H18ClNO3. The largest absolute Gasteiger partial charge is 0.459 e. The highest BCUT2D eigenvalue weighted by molar-refractivity contribution is 6.30. The molecule has 3 aromatic rings. The maximum Gasteiger partial charge on any atom is 0.248 e. The topological polar surface area (TPSA) is 62.5 Å². The second-order valence-corrected chi connectivity index (χ2v) is 6.26. The number of halogens is 1. The normalized spacial score (nSPS) is 11.0. The molecule has 0 atom stereocenters. The van der Waals surface area contributed by atoms with Crippen LogP contribution in [0.1, 0.15) is 16.9 Å². The average molecular weight is 368 g/mol. The molecule has 0 aliphatic carbocycles. The molecule has 3 rings (SSSR count). The van der Waals surface area contributed by atoms with Crippen LogP contribution in [0.2, 0.25) is 5.02 Å². The average Bonchev–Trinajstić information content (AvgIpc) is 3.10. The molecule has 1 heterocycles. The molecule has 1 amide bonds. The maximum absolute atomic E-state index is 12.1. The van der Waals surface area contributed by atoms with Crippen molar-refractivity contribution >= 4 is 29.3 Å². The highest BCUT2D eigenvalue weighted by Crippen LogP contribution is 2.27. The number of aliphatic hydroxyl groups is 1. The van der Waals surface area contributed by atoms with Crippen molar-refractivity contribution in [2.24, 2.45) is 0 Å². The number of carbonyl (C=O) groups is 1. The number of aryl methyl sites for hydroxylation is 1. The van der Waals surface area contributed by atoms with Gasteiger partial charge in [-0.3, -0.25) is 4.79 Å². The number of benzene rings is 2. The third-order valence-corrected chi connectivity index (χ3v) is 4.13. The first kappa shape index (κ1) is 18.0. The van der Waals surface area contributed by atoms with E-state index in [-0.39, 0.29) is 12.5 Å². The summed E-state index contributed by atoms with van der Waals surface area (Å²) in [6, 6.07) is 16.4. The fourth-order valence-corrected chi connectivity index (χ4v) is 2.68. The zero-order chi connectivity index (χ0) is 18.5. The lowest BCUT2D eigenvalue weighted by molar-refractivity contribution is -0.111. The van der Waals surface area contributed by atoms with Gasteiger partial charge in [-0.1, -0.05) is 23.7 Å². The van der Waals surface area contributed by atoms with E-state index in [1.54, 1.807) is 24.3 Å². The van der Waals surface area contributed by atoms with Gasteiger partial charge in [0.15, 0.2) is 0 Å². The lowest BCUT2D eigenvalue weighted by atomic mass is 10.1. The number of anilines is 1. The van der Waals surface area contributed by atoms with E-state index in [4.69, 9.17) is 21.1 Å². The second kappa shape index (κ2) is 8.04. The Morgan fingerprint density at radius 1 is 1.15 bits per heavy atom. The molecule has 1 aromatic heterocycles. The van der Waals surface area contributed by atoms with Crippen LogP contribution in [0, 0.1) is 6.92 Å². The summed E-state index contributed by atoms with van der Waals surface area (Å²) in [5.74, 6) is 0.990. The Morgan fingerprint density at radius 3 is 2.58 bits per heavy atom. The van der Waals surface area contributed by atoms with Gasteiger partial charge in [0, 0.05) is 22.3 Å². The van der Waals surface area contributed by atoms with Crippen molar-refractivity contribution < 1.29 is 14.3 Å². The highest BCUT2D eigenvalue weighted by atomic mass is 35.5. The molecule has 5 heteroatoms. The number of rotatable bonds is 5. The second-order valence-electron chi connectivity index (χ2n) is 5.83. The monoisotopic (exact) mass is 367 g/mol. The molecule has 0 aliphatic rings. The minimum absolute atomic E-state index is 0.132. The van der Waals surface area contributed by atoms with Crippen LogP contribution < -0.4 is 5.32 Å². The zero-order valence-corrected chi connectivity index (χ0v) is 15.0. The molecule has 2 aromatic carbocycles. The van der Waals surface area contributed by atoms with Gasteiger partial charge in [0.2, 0.25) is 5.91 Å². The molecule has 0 unspecified atom stereocenters. The molecule has 0 fully saturated rings. The van der Waals surface area contributed by atoms with E-state index in [9.17, 15) is 4.79 Å². The molecule has 0 radical (unpaired) electrons. The summed E-state index contributed by atoms with van der Waals surface area (Å²) in [6.45, 7) is 1.81. The molecule has 0 aliphatic heterocycles. The number of hydrogen-bond donors (Lipinski definition) is 2. The van der Waals surface area contributed by atoms with Gasteiger partial charge in [0.05, 0.1) is 0 Å². The Bertz CT molecular complexity index is 942. The summed E-state index contributed by atoms with van der Waals surface area (Å²) in [6.07, 6.45) is 3.21. The smallest absolute Gasteiger partial charge is 0.248 e. The van der Waals surface area contributed by atoms with Gasteiger partial charge in [-0.2, -0.15) is 0 Å². The van der Waals surface area contributed by atoms with Crippen molar-refractivity contribution in [2.75, 3.05) is 5.32 Å². The van der Waals surface area contributed by atoms with E-state index in [1.165, 1.54) is 6.08 Å². The van der Waals surface area contributed by atoms with E-state index >= 15 is 0 Å². The lowest BCUT2D eigenvalue weighted by Gasteiger charge is -2.07. The fourth-order valence-electron chi connectivity index (χ4n) is 2.56. The van der Waals surface area contributed by atoms with E-state index in [1.807, 2.05) is 43.3 Å². The first-order chi connectivity index (χ1) is 12.5. The SMILES string of the molecule is Cc1cc(NC(=O)/C=C/c2ccc(Cl)cc2)ccc1-c1ccc(CO)o1. The van der Waals surface area contributed by atoms with Crippen molar-refractivity contribution in [1.82, 2.24) is 0 Å². The van der Waals surface area contributed by atoms with E-state index in [2.05, 4.69) is 5.32 Å². The third kappa shape index (κ3) is 4.42. The minimum atomic E-state index is -0.215. The van der Waals surface area contributed by atoms with Crippen LogP contribution in [0.5, 0.6) is 0 Å². The molecule has 26 heavy (non-hydrogen) atoms. The number of hydrogen-bond acceptors (Lipinski definition) is 3. The predicted molar refractivity (Wildman–Crippen MR) is 104 cm³/mol. The van der Waals surface area contributed by atoms with Gasteiger partial charge in [-0.25, -0.2) is 0 Å². The van der Waals surface area contributed by atoms with E-state index < -0.39 is 0 Å². The van der Waals surface area contributed by atoms with Crippen LogP contribution in [-0.4, -0.2) is 11.0 Å². The predicted octanol–water partition coefficient (Wildman–Crippen LogP) is 5.05. The van der Waals surface area contributed by atoms with Gasteiger partial charge in [-0.15, -0.1) is 0 Å². The molecule has 2 N–H and O–H groups in total. The third-order valence-electron chi connectivity index (χ3n) is 3.87. The molecule has 0 saturated heterocycles. The Morgan fingerprint density at radius 2 is 1.92 bits per heavy atom. The number of nitrogens with one attached hydrogen (secondary N) is 1. The van der Waals surface area contributed by atoms with Gasteiger partial charge in [0.1, 0.15) is 18.1 Å². The van der Waals surface area contributed by atoms with Crippen LogP contribution in [0.3, 0.4) is 0 Å². The molecule has 0 saturated carbocycles. The lowest BCUT2D eigenvalue weighted by Crippen LogP contribution is -2.07. The molecule has 0 spiro atoms. The van der Waals surface area contributed by atoms with Crippen LogP contribution >= 0.6 is 11.6 Å². The quantitative estimate of drug-likeness (QED) is 0.620. The van der Waals surface area contributed by atoms with E-state index in [0.717, 1.165) is 16.7 Å². The number of amides is 1. The number of furan rings is 1. The first-order valence-corrected chi connectivity index (χ1v) is 8.48. The summed E-state index contributed by atoms with van der Waals surface area (Å²) >= 11 is 5.84. The Hall–Kier alpha value is -2.82. The minimum Gasteiger partial charge on any atom is -0.459 e. The van der Waals surface area contributed by atoms with Crippen molar-refractivity contribution in [1.29, 1.82) is 0 Å². The standard InChI is InChI=1S/C21H18ClNO3/c1-14-12-17(7-9-19(14)20-10-8-18(13-24)26-20)23-21(25)11-4-15-2-5-16(22)6-3-15/h2-12,24H,13H2,1H3,(H,23,25)/b11-4+. The fraction of sp³-hybridized carbons (Fsp3) is 0.0952. The van der Waals surface area contributed by atoms with Crippen molar-refractivity contribution in [2.45, 2.75) is 13.5 Å². The Kier molecular flexibility index (Phi) is 5.56.